The van der Waals surface area contributed by atoms with E-state index in [1.807, 2.05) is 20.8 Å². The fourth-order valence-electron chi connectivity index (χ4n) is 1.54. The molecule has 1 rings (SSSR count). The van der Waals surface area contributed by atoms with E-state index in [-0.39, 0.29) is 17.1 Å². The standard InChI is InChI=1S/C12H18N2O3/c1-12(2,3)11(13)9-7-8(14(15)16)5-6-10(9)17-4/h5-7,11H,13H2,1-4H3. The van der Waals surface area contributed by atoms with Crippen molar-refractivity contribution in [3.63, 3.8) is 0 Å². The van der Waals surface area contributed by atoms with Crippen LogP contribution in [0.25, 0.3) is 0 Å². The van der Waals surface area contributed by atoms with Crippen LogP contribution in [-0.4, -0.2) is 12.0 Å². The van der Waals surface area contributed by atoms with Crippen LogP contribution in [0.3, 0.4) is 0 Å². The monoisotopic (exact) mass is 238 g/mol. The third kappa shape index (κ3) is 2.94. The Hall–Kier alpha value is -1.62. The second-order valence-corrected chi connectivity index (χ2v) is 5.03. The molecule has 94 valence electrons. The van der Waals surface area contributed by atoms with Crippen molar-refractivity contribution in [3.05, 3.63) is 33.9 Å². The van der Waals surface area contributed by atoms with E-state index >= 15 is 0 Å². The topological polar surface area (TPSA) is 78.4 Å². The van der Waals surface area contributed by atoms with E-state index < -0.39 is 4.92 Å². The SMILES string of the molecule is COc1ccc([N+](=O)[O-])cc1C(N)C(C)(C)C. The quantitative estimate of drug-likeness (QED) is 0.648. The molecule has 0 fully saturated rings. The van der Waals surface area contributed by atoms with Crippen LogP contribution < -0.4 is 10.5 Å². The number of ether oxygens (including phenoxy) is 1. The van der Waals surface area contributed by atoms with Crippen molar-refractivity contribution >= 4 is 5.69 Å². The molecule has 5 heteroatoms. The third-order valence-electron chi connectivity index (χ3n) is 2.69. The Morgan fingerprint density at radius 2 is 2.00 bits per heavy atom. The number of methoxy groups -OCH3 is 1. The first-order valence-corrected chi connectivity index (χ1v) is 5.35. The molecular weight excluding hydrogens is 220 g/mol. The number of non-ortho nitro benzene ring substituents is 1. The lowest BCUT2D eigenvalue weighted by atomic mass is 9.82. The second kappa shape index (κ2) is 4.71. The summed E-state index contributed by atoms with van der Waals surface area (Å²) in [5.41, 5.74) is 6.61. The van der Waals surface area contributed by atoms with Crippen LogP contribution in [0, 0.1) is 15.5 Å². The number of hydrogen-bond acceptors (Lipinski definition) is 4. The van der Waals surface area contributed by atoms with Crippen LogP contribution in [0.4, 0.5) is 5.69 Å². The summed E-state index contributed by atoms with van der Waals surface area (Å²) in [6, 6.07) is 4.16. The normalized spacial score (nSPS) is 13.2. The summed E-state index contributed by atoms with van der Waals surface area (Å²) in [4.78, 5) is 10.3. The lowest BCUT2D eigenvalue weighted by Crippen LogP contribution is -2.26. The summed E-state index contributed by atoms with van der Waals surface area (Å²) >= 11 is 0. The molecule has 0 aliphatic heterocycles. The maximum Gasteiger partial charge on any atom is 0.270 e. The summed E-state index contributed by atoms with van der Waals surface area (Å²) in [6.07, 6.45) is 0. The van der Waals surface area contributed by atoms with Crippen molar-refractivity contribution in [3.8, 4) is 5.75 Å². The summed E-state index contributed by atoms with van der Waals surface area (Å²) in [7, 11) is 1.53. The zero-order valence-corrected chi connectivity index (χ0v) is 10.6. The highest BCUT2D eigenvalue weighted by atomic mass is 16.6. The maximum atomic E-state index is 10.7. The molecule has 0 saturated carbocycles. The van der Waals surface area contributed by atoms with Gasteiger partial charge in [-0.3, -0.25) is 10.1 Å². The highest BCUT2D eigenvalue weighted by molar-refractivity contribution is 5.45. The Balaban J connectivity index is 3.28. The molecule has 1 aromatic rings. The Labute approximate surface area is 101 Å². The van der Waals surface area contributed by atoms with Crippen molar-refractivity contribution in [1.29, 1.82) is 0 Å². The van der Waals surface area contributed by atoms with Crippen molar-refractivity contribution < 1.29 is 9.66 Å². The number of nitro groups is 1. The number of nitrogens with zero attached hydrogens (tertiary/aromatic N) is 1. The van der Waals surface area contributed by atoms with Gasteiger partial charge in [0.15, 0.2) is 0 Å². The molecule has 1 unspecified atom stereocenters. The Morgan fingerprint density at radius 3 is 2.41 bits per heavy atom. The van der Waals surface area contributed by atoms with Gasteiger partial charge in [0.2, 0.25) is 0 Å². The van der Waals surface area contributed by atoms with Gasteiger partial charge in [-0.2, -0.15) is 0 Å². The van der Waals surface area contributed by atoms with Crippen LogP contribution in [-0.2, 0) is 0 Å². The third-order valence-corrected chi connectivity index (χ3v) is 2.69. The first kappa shape index (κ1) is 13.4. The first-order chi connectivity index (χ1) is 7.77. The van der Waals surface area contributed by atoms with E-state index in [2.05, 4.69) is 0 Å². The number of hydrogen-bond donors (Lipinski definition) is 1. The van der Waals surface area contributed by atoms with Crippen LogP contribution in [0.1, 0.15) is 32.4 Å². The Morgan fingerprint density at radius 1 is 1.41 bits per heavy atom. The van der Waals surface area contributed by atoms with Gasteiger partial charge >= 0.3 is 0 Å². The van der Waals surface area contributed by atoms with E-state index in [9.17, 15) is 10.1 Å². The molecule has 1 atom stereocenters. The number of benzene rings is 1. The van der Waals surface area contributed by atoms with Crippen molar-refractivity contribution in [2.45, 2.75) is 26.8 Å². The summed E-state index contributed by atoms with van der Waals surface area (Å²) < 4.78 is 5.19. The van der Waals surface area contributed by atoms with E-state index in [1.54, 1.807) is 6.07 Å². The van der Waals surface area contributed by atoms with Gasteiger partial charge in [0.05, 0.1) is 12.0 Å². The fraction of sp³-hybridized carbons (Fsp3) is 0.500. The van der Waals surface area contributed by atoms with E-state index in [0.717, 1.165) is 0 Å². The molecule has 17 heavy (non-hydrogen) atoms. The lowest BCUT2D eigenvalue weighted by Gasteiger charge is -2.28. The molecule has 0 aliphatic carbocycles. The highest BCUT2D eigenvalue weighted by Crippen LogP contribution is 2.37. The molecule has 0 saturated heterocycles. The zero-order valence-electron chi connectivity index (χ0n) is 10.6. The lowest BCUT2D eigenvalue weighted by molar-refractivity contribution is -0.385. The summed E-state index contributed by atoms with van der Waals surface area (Å²) in [5.74, 6) is 0.582. The van der Waals surface area contributed by atoms with Crippen LogP contribution in [0.2, 0.25) is 0 Å². The second-order valence-electron chi connectivity index (χ2n) is 5.03. The first-order valence-electron chi connectivity index (χ1n) is 5.35. The average molecular weight is 238 g/mol. The van der Waals surface area contributed by atoms with Gasteiger partial charge in [-0.1, -0.05) is 20.8 Å². The molecule has 0 spiro atoms. The molecule has 1 aromatic carbocycles. The molecule has 0 aliphatic rings. The highest BCUT2D eigenvalue weighted by Gasteiger charge is 2.26. The molecule has 5 nitrogen and oxygen atoms in total. The van der Waals surface area contributed by atoms with Crippen molar-refractivity contribution in [2.24, 2.45) is 11.1 Å². The molecular formula is C12H18N2O3. The maximum absolute atomic E-state index is 10.7. The molecule has 0 bridgehead atoms. The minimum atomic E-state index is -0.432. The van der Waals surface area contributed by atoms with Gasteiger partial charge in [-0.05, 0) is 11.5 Å². The molecule has 0 amide bonds. The predicted octanol–water partition coefficient (Wildman–Crippen LogP) is 2.65. The van der Waals surface area contributed by atoms with Crippen LogP contribution in [0.5, 0.6) is 5.75 Å². The minimum Gasteiger partial charge on any atom is -0.496 e. The summed E-state index contributed by atoms with van der Waals surface area (Å²) in [5, 5.41) is 10.7. The molecule has 2 N–H and O–H groups in total. The Kier molecular flexibility index (Phi) is 3.72. The number of rotatable bonds is 3. The van der Waals surface area contributed by atoms with E-state index in [4.69, 9.17) is 10.5 Å². The molecule has 0 heterocycles. The van der Waals surface area contributed by atoms with Gasteiger partial charge in [0, 0.05) is 23.7 Å². The summed E-state index contributed by atoms with van der Waals surface area (Å²) in [6.45, 7) is 5.95. The zero-order chi connectivity index (χ0) is 13.2. The predicted molar refractivity (Wildman–Crippen MR) is 66.0 cm³/mol. The average Bonchev–Trinajstić information content (AvgIpc) is 2.25. The van der Waals surface area contributed by atoms with Crippen LogP contribution >= 0.6 is 0 Å². The number of nitrogens with two attached hydrogens (primary N) is 1. The Bertz CT molecular complexity index is 424. The van der Waals surface area contributed by atoms with Gasteiger partial charge in [-0.15, -0.1) is 0 Å². The van der Waals surface area contributed by atoms with E-state index in [1.165, 1.54) is 19.2 Å². The van der Waals surface area contributed by atoms with Crippen LogP contribution in [0.15, 0.2) is 18.2 Å². The van der Waals surface area contributed by atoms with Crippen molar-refractivity contribution in [1.82, 2.24) is 0 Å². The molecule has 0 aromatic heterocycles. The van der Waals surface area contributed by atoms with Crippen molar-refractivity contribution in [2.75, 3.05) is 7.11 Å². The van der Waals surface area contributed by atoms with Gasteiger partial charge < -0.3 is 10.5 Å². The smallest absolute Gasteiger partial charge is 0.270 e. The fourth-order valence-corrected chi connectivity index (χ4v) is 1.54. The van der Waals surface area contributed by atoms with Gasteiger partial charge in [0.25, 0.3) is 5.69 Å². The largest absolute Gasteiger partial charge is 0.496 e. The number of nitro benzene ring substituents is 1. The minimum absolute atomic E-state index is 0.0282. The molecule has 0 radical (unpaired) electrons. The van der Waals surface area contributed by atoms with E-state index in [0.29, 0.717) is 11.3 Å². The van der Waals surface area contributed by atoms with Gasteiger partial charge in [-0.25, -0.2) is 0 Å². The van der Waals surface area contributed by atoms with Gasteiger partial charge in [0.1, 0.15) is 5.75 Å².